The number of aromatic carboxylic acids is 1. The smallest absolute Gasteiger partial charge is 0.356 e. The lowest BCUT2D eigenvalue weighted by molar-refractivity contribution is 0.0693. The van der Waals surface area contributed by atoms with Crippen molar-refractivity contribution in [1.82, 2.24) is 14.7 Å². The Morgan fingerprint density at radius 2 is 2.44 bits per heavy atom. The van der Waals surface area contributed by atoms with Crippen molar-refractivity contribution in [2.45, 2.75) is 6.54 Å². The highest BCUT2D eigenvalue weighted by Crippen LogP contribution is 2.16. The van der Waals surface area contributed by atoms with Gasteiger partial charge in [-0.1, -0.05) is 0 Å². The second-order valence-electron chi connectivity index (χ2n) is 3.43. The zero-order valence-electron chi connectivity index (χ0n) is 8.77. The van der Waals surface area contributed by atoms with Crippen LogP contribution in [0.25, 0.3) is 5.52 Å². The van der Waals surface area contributed by atoms with Crippen LogP contribution in [0.1, 0.15) is 16.3 Å². The van der Waals surface area contributed by atoms with Crippen LogP contribution in [0.4, 0.5) is 5.69 Å². The number of nitrogens with zero attached hydrogens (tertiary/aromatic N) is 2. The molecule has 0 spiro atoms. The lowest BCUT2D eigenvalue weighted by atomic mass is 10.3. The number of aromatic nitrogens is 2. The molecule has 4 N–H and O–H groups in total. The summed E-state index contributed by atoms with van der Waals surface area (Å²) in [4.78, 5) is 15.1. The Kier molecular flexibility index (Phi) is 2.49. The molecule has 0 bridgehead atoms. The van der Waals surface area contributed by atoms with Crippen molar-refractivity contribution in [3.05, 3.63) is 29.8 Å². The summed E-state index contributed by atoms with van der Waals surface area (Å²) in [5, 5.41) is 12.0. The Labute approximate surface area is 91.7 Å². The molecule has 84 valence electrons. The van der Waals surface area contributed by atoms with E-state index in [0.717, 1.165) is 0 Å². The molecular weight excluding hydrogens is 208 g/mol. The maximum absolute atomic E-state index is 11.0. The summed E-state index contributed by atoms with van der Waals surface area (Å²) < 4.78 is 1.72. The van der Waals surface area contributed by atoms with E-state index in [1.165, 1.54) is 0 Å². The molecule has 0 aliphatic carbocycles. The van der Waals surface area contributed by atoms with Gasteiger partial charge in [0.25, 0.3) is 0 Å². The van der Waals surface area contributed by atoms with Crippen molar-refractivity contribution in [3.8, 4) is 0 Å². The van der Waals surface area contributed by atoms with Gasteiger partial charge in [0, 0.05) is 11.9 Å². The maximum Gasteiger partial charge on any atom is 0.356 e. The third-order valence-corrected chi connectivity index (χ3v) is 2.28. The Morgan fingerprint density at radius 3 is 3.06 bits per heavy atom. The number of carbonyl (C=O) groups is 1. The second kappa shape index (κ2) is 3.82. The summed E-state index contributed by atoms with van der Waals surface area (Å²) in [6, 6.07) is 3.31. The summed E-state index contributed by atoms with van der Waals surface area (Å²) in [6.07, 6.45) is 1.72. The summed E-state index contributed by atoms with van der Waals surface area (Å²) in [7, 11) is 1.78. The standard InChI is InChI=1S/C10H12N4O2/c1-12-5-8-13-9(10(15)16)7-4-6(11)2-3-14(7)8/h2-4,12H,5,11H2,1H3,(H,15,16). The van der Waals surface area contributed by atoms with Crippen LogP contribution in [0.15, 0.2) is 18.3 Å². The average Bonchev–Trinajstić information content (AvgIpc) is 2.57. The Bertz CT molecular complexity index is 547. The van der Waals surface area contributed by atoms with Gasteiger partial charge in [-0.25, -0.2) is 9.78 Å². The van der Waals surface area contributed by atoms with Gasteiger partial charge in [0.2, 0.25) is 0 Å². The van der Waals surface area contributed by atoms with E-state index in [4.69, 9.17) is 10.8 Å². The van der Waals surface area contributed by atoms with Crippen molar-refractivity contribution in [2.24, 2.45) is 0 Å². The summed E-state index contributed by atoms with van der Waals surface area (Å²) in [5.41, 5.74) is 6.68. The first-order valence-corrected chi connectivity index (χ1v) is 4.78. The van der Waals surface area contributed by atoms with Gasteiger partial charge in [-0.3, -0.25) is 0 Å². The largest absolute Gasteiger partial charge is 0.476 e. The van der Waals surface area contributed by atoms with E-state index in [-0.39, 0.29) is 5.69 Å². The summed E-state index contributed by atoms with van der Waals surface area (Å²) >= 11 is 0. The predicted molar refractivity (Wildman–Crippen MR) is 59.3 cm³/mol. The highest BCUT2D eigenvalue weighted by molar-refractivity contribution is 5.94. The fourth-order valence-electron chi connectivity index (χ4n) is 1.60. The Balaban J connectivity index is 2.71. The first-order chi connectivity index (χ1) is 7.63. The molecule has 16 heavy (non-hydrogen) atoms. The molecule has 2 rings (SSSR count). The van der Waals surface area contributed by atoms with Crippen LogP contribution in [0, 0.1) is 0 Å². The van der Waals surface area contributed by atoms with E-state index < -0.39 is 5.97 Å². The molecule has 0 aromatic carbocycles. The van der Waals surface area contributed by atoms with Gasteiger partial charge in [-0.15, -0.1) is 0 Å². The van der Waals surface area contributed by atoms with Crippen molar-refractivity contribution in [3.63, 3.8) is 0 Å². The molecule has 0 aliphatic heterocycles. The minimum Gasteiger partial charge on any atom is -0.476 e. The number of rotatable bonds is 3. The van der Waals surface area contributed by atoms with Gasteiger partial charge in [-0.05, 0) is 19.2 Å². The molecule has 0 saturated carbocycles. The van der Waals surface area contributed by atoms with Crippen molar-refractivity contribution in [1.29, 1.82) is 0 Å². The fourth-order valence-corrected chi connectivity index (χ4v) is 1.60. The number of imidazole rings is 1. The predicted octanol–water partition coefficient (Wildman–Crippen LogP) is 0.334. The molecule has 0 saturated heterocycles. The van der Waals surface area contributed by atoms with Crippen LogP contribution in [0.3, 0.4) is 0 Å². The lowest BCUT2D eigenvalue weighted by Crippen LogP contribution is -2.08. The minimum atomic E-state index is -1.05. The van der Waals surface area contributed by atoms with Crippen LogP contribution in [-0.2, 0) is 6.54 Å². The zero-order valence-corrected chi connectivity index (χ0v) is 8.77. The van der Waals surface area contributed by atoms with Crippen LogP contribution in [-0.4, -0.2) is 27.5 Å². The fraction of sp³-hybridized carbons (Fsp3) is 0.200. The number of anilines is 1. The SMILES string of the molecule is CNCc1nc(C(=O)O)c2cc(N)ccn12. The number of hydrogen-bond donors (Lipinski definition) is 3. The molecule has 2 aromatic rings. The van der Waals surface area contributed by atoms with Crippen molar-refractivity contribution < 1.29 is 9.90 Å². The third kappa shape index (κ3) is 1.59. The Morgan fingerprint density at radius 1 is 1.69 bits per heavy atom. The van der Waals surface area contributed by atoms with Crippen LogP contribution in [0.2, 0.25) is 0 Å². The van der Waals surface area contributed by atoms with E-state index in [9.17, 15) is 4.79 Å². The normalized spacial score (nSPS) is 10.8. The van der Waals surface area contributed by atoms with Gasteiger partial charge in [0.05, 0.1) is 12.1 Å². The van der Waals surface area contributed by atoms with Crippen molar-refractivity contribution in [2.75, 3.05) is 12.8 Å². The number of carboxylic acid groups (broad SMARTS) is 1. The second-order valence-corrected chi connectivity index (χ2v) is 3.43. The van der Waals surface area contributed by atoms with Crippen LogP contribution in [0.5, 0.6) is 0 Å². The summed E-state index contributed by atoms with van der Waals surface area (Å²) in [6.45, 7) is 0.498. The van der Waals surface area contributed by atoms with Crippen LogP contribution < -0.4 is 11.1 Å². The number of nitrogens with two attached hydrogens (primary N) is 1. The van der Waals surface area contributed by atoms with Crippen LogP contribution >= 0.6 is 0 Å². The van der Waals surface area contributed by atoms with E-state index >= 15 is 0 Å². The molecule has 0 unspecified atom stereocenters. The number of fused-ring (bicyclic) bond motifs is 1. The molecule has 0 radical (unpaired) electrons. The summed E-state index contributed by atoms with van der Waals surface area (Å²) in [5.74, 6) is -0.402. The van der Waals surface area contributed by atoms with E-state index in [0.29, 0.717) is 23.6 Å². The van der Waals surface area contributed by atoms with Gasteiger partial charge in [0.1, 0.15) is 5.82 Å². The number of nitrogen functional groups attached to an aromatic ring is 1. The maximum atomic E-state index is 11.0. The highest BCUT2D eigenvalue weighted by Gasteiger charge is 2.15. The van der Waals surface area contributed by atoms with Gasteiger partial charge in [-0.2, -0.15) is 0 Å². The number of hydrogen-bond acceptors (Lipinski definition) is 4. The van der Waals surface area contributed by atoms with Crippen molar-refractivity contribution >= 4 is 17.2 Å². The molecule has 0 aliphatic rings. The molecule has 6 heteroatoms. The first-order valence-electron chi connectivity index (χ1n) is 4.78. The average molecular weight is 220 g/mol. The lowest BCUT2D eigenvalue weighted by Gasteiger charge is -2.00. The van der Waals surface area contributed by atoms with Gasteiger partial charge in [0.15, 0.2) is 5.69 Å². The molecule has 6 nitrogen and oxygen atoms in total. The molecule has 0 amide bonds. The Hall–Kier alpha value is -2.08. The number of pyridine rings is 1. The number of carboxylic acids is 1. The van der Waals surface area contributed by atoms with E-state index in [1.54, 1.807) is 29.8 Å². The molecule has 2 heterocycles. The quantitative estimate of drug-likeness (QED) is 0.693. The molecule has 0 fully saturated rings. The molecule has 0 atom stereocenters. The zero-order chi connectivity index (χ0) is 11.7. The van der Waals surface area contributed by atoms with Gasteiger partial charge < -0.3 is 20.6 Å². The van der Waals surface area contributed by atoms with E-state index in [2.05, 4.69) is 10.3 Å². The minimum absolute atomic E-state index is 0.0255. The monoisotopic (exact) mass is 220 g/mol. The molecule has 2 aromatic heterocycles. The highest BCUT2D eigenvalue weighted by atomic mass is 16.4. The first kappa shape index (κ1) is 10.4. The van der Waals surface area contributed by atoms with Gasteiger partial charge >= 0.3 is 5.97 Å². The number of nitrogens with one attached hydrogen (secondary N) is 1. The topological polar surface area (TPSA) is 92.6 Å². The van der Waals surface area contributed by atoms with E-state index in [1.807, 2.05) is 0 Å². The molecular formula is C10H12N4O2. The third-order valence-electron chi connectivity index (χ3n) is 2.28.